The number of carboxylic acids is 1. The second-order valence-electron chi connectivity index (χ2n) is 4.94. The predicted molar refractivity (Wildman–Crippen MR) is 72.3 cm³/mol. The molecule has 0 bridgehead atoms. The van der Waals surface area contributed by atoms with E-state index in [9.17, 15) is 9.18 Å². The molecule has 1 aliphatic heterocycles. The van der Waals surface area contributed by atoms with E-state index in [1.807, 2.05) is 11.9 Å². The average Bonchev–Trinajstić information content (AvgIpc) is 2.88. The van der Waals surface area contributed by atoms with Crippen LogP contribution in [-0.4, -0.2) is 49.2 Å². The van der Waals surface area contributed by atoms with Gasteiger partial charge in [-0.25, -0.2) is 9.18 Å². The lowest BCUT2D eigenvalue weighted by Gasteiger charge is -2.23. The number of aromatic carboxylic acids is 1. The topological polar surface area (TPSA) is 43.8 Å². The molecular weight excluding hydrogens is 247 g/mol. The highest BCUT2D eigenvalue weighted by molar-refractivity contribution is 5.88. The summed E-state index contributed by atoms with van der Waals surface area (Å²) in [5.74, 6) is -1.59. The summed E-state index contributed by atoms with van der Waals surface area (Å²) in [6.07, 6.45) is 2.48. The van der Waals surface area contributed by atoms with Crippen LogP contribution in [-0.2, 0) is 0 Å². The smallest absolute Gasteiger partial charge is 0.335 e. The van der Waals surface area contributed by atoms with Crippen LogP contribution < -0.4 is 4.90 Å². The van der Waals surface area contributed by atoms with Crippen molar-refractivity contribution in [2.75, 3.05) is 38.1 Å². The third-order valence-corrected chi connectivity index (χ3v) is 3.56. The highest BCUT2D eigenvalue weighted by Crippen LogP contribution is 2.19. The number of likely N-dealkylation sites (tertiary alicyclic amines) is 1. The summed E-state index contributed by atoms with van der Waals surface area (Å²) >= 11 is 0. The van der Waals surface area contributed by atoms with Gasteiger partial charge in [-0.15, -0.1) is 0 Å². The SMILES string of the molecule is CN(CCN1CCCC1)c1ccc(C(=O)O)cc1F. The Balaban J connectivity index is 1.98. The maximum absolute atomic E-state index is 13.8. The normalized spacial score (nSPS) is 15.7. The number of carboxylic acid groups (broad SMARTS) is 1. The maximum Gasteiger partial charge on any atom is 0.335 e. The first-order valence-electron chi connectivity index (χ1n) is 6.54. The Labute approximate surface area is 112 Å². The van der Waals surface area contributed by atoms with Gasteiger partial charge in [-0.1, -0.05) is 0 Å². The van der Waals surface area contributed by atoms with Gasteiger partial charge >= 0.3 is 5.97 Å². The summed E-state index contributed by atoms with van der Waals surface area (Å²) in [4.78, 5) is 14.9. The van der Waals surface area contributed by atoms with E-state index in [1.165, 1.54) is 25.0 Å². The molecule has 0 saturated carbocycles. The zero-order valence-corrected chi connectivity index (χ0v) is 11.1. The number of likely N-dealkylation sites (N-methyl/N-ethyl adjacent to an activating group) is 1. The van der Waals surface area contributed by atoms with E-state index in [0.717, 1.165) is 32.2 Å². The zero-order chi connectivity index (χ0) is 13.8. The van der Waals surface area contributed by atoms with Crippen LogP contribution in [0.4, 0.5) is 10.1 Å². The largest absolute Gasteiger partial charge is 0.478 e. The maximum atomic E-state index is 13.8. The molecule has 1 fully saturated rings. The van der Waals surface area contributed by atoms with Crippen LogP contribution in [0.3, 0.4) is 0 Å². The van der Waals surface area contributed by atoms with E-state index in [0.29, 0.717) is 5.69 Å². The van der Waals surface area contributed by atoms with E-state index in [-0.39, 0.29) is 5.56 Å². The highest BCUT2D eigenvalue weighted by Gasteiger charge is 2.14. The van der Waals surface area contributed by atoms with Crippen molar-refractivity contribution >= 4 is 11.7 Å². The molecule has 0 atom stereocenters. The standard InChI is InChI=1S/C14H19FN2O2/c1-16(8-9-17-6-2-3-7-17)13-5-4-11(14(18)19)10-12(13)15/h4-5,10H,2-3,6-9H2,1H3,(H,18,19). The predicted octanol–water partition coefficient (Wildman–Crippen LogP) is 2.06. The molecule has 104 valence electrons. The third-order valence-electron chi connectivity index (χ3n) is 3.56. The van der Waals surface area contributed by atoms with E-state index in [1.54, 1.807) is 0 Å². The lowest BCUT2D eigenvalue weighted by Crippen LogP contribution is -2.31. The Morgan fingerprint density at radius 1 is 1.42 bits per heavy atom. The monoisotopic (exact) mass is 266 g/mol. The van der Waals surface area contributed by atoms with Crippen molar-refractivity contribution in [3.63, 3.8) is 0 Å². The molecule has 2 rings (SSSR count). The number of hydrogen-bond donors (Lipinski definition) is 1. The first-order chi connectivity index (χ1) is 9.08. The second kappa shape index (κ2) is 6.02. The van der Waals surface area contributed by atoms with Crippen LogP contribution in [0, 0.1) is 5.82 Å². The van der Waals surface area contributed by atoms with Crippen LogP contribution >= 0.6 is 0 Å². The van der Waals surface area contributed by atoms with Crippen LogP contribution in [0.5, 0.6) is 0 Å². The van der Waals surface area contributed by atoms with Gasteiger partial charge in [-0.3, -0.25) is 0 Å². The molecule has 0 aliphatic carbocycles. The summed E-state index contributed by atoms with van der Waals surface area (Å²) in [7, 11) is 1.83. The van der Waals surface area contributed by atoms with Crippen LogP contribution in [0.25, 0.3) is 0 Å². The molecule has 19 heavy (non-hydrogen) atoms. The van der Waals surface area contributed by atoms with Crippen molar-refractivity contribution in [2.24, 2.45) is 0 Å². The molecule has 0 aromatic heterocycles. The van der Waals surface area contributed by atoms with Gasteiger partial charge in [0, 0.05) is 20.1 Å². The van der Waals surface area contributed by atoms with Crippen LogP contribution in [0.15, 0.2) is 18.2 Å². The number of rotatable bonds is 5. The Morgan fingerprint density at radius 3 is 2.68 bits per heavy atom. The van der Waals surface area contributed by atoms with Crippen LogP contribution in [0.1, 0.15) is 23.2 Å². The minimum atomic E-state index is -1.11. The number of nitrogens with zero attached hydrogens (tertiary/aromatic N) is 2. The fraction of sp³-hybridized carbons (Fsp3) is 0.500. The minimum Gasteiger partial charge on any atom is -0.478 e. The Morgan fingerprint density at radius 2 is 2.11 bits per heavy atom. The van der Waals surface area contributed by atoms with Gasteiger partial charge in [-0.05, 0) is 44.1 Å². The van der Waals surface area contributed by atoms with Crippen molar-refractivity contribution in [3.05, 3.63) is 29.6 Å². The molecule has 1 saturated heterocycles. The first kappa shape index (κ1) is 13.8. The second-order valence-corrected chi connectivity index (χ2v) is 4.94. The third kappa shape index (κ3) is 3.44. The van der Waals surface area contributed by atoms with E-state index in [4.69, 9.17) is 5.11 Å². The molecule has 1 N–H and O–H groups in total. The van der Waals surface area contributed by atoms with Crippen molar-refractivity contribution in [2.45, 2.75) is 12.8 Å². The molecule has 4 nitrogen and oxygen atoms in total. The van der Waals surface area contributed by atoms with E-state index in [2.05, 4.69) is 4.90 Å². The first-order valence-corrected chi connectivity index (χ1v) is 6.54. The van der Waals surface area contributed by atoms with Crippen molar-refractivity contribution in [3.8, 4) is 0 Å². The Bertz CT molecular complexity index is 459. The number of halogens is 1. The molecule has 1 heterocycles. The van der Waals surface area contributed by atoms with Crippen LogP contribution in [0.2, 0.25) is 0 Å². The van der Waals surface area contributed by atoms with Gasteiger partial charge in [0.05, 0.1) is 11.3 Å². The van der Waals surface area contributed by atoms with Crippen molar-refractivity contribution in [1.29, 1.82) is 0 Å². The molecule has 0 spiro atoms. The van der Waals surface area contributed by atoms with E-state index < -0.39 is 11.8 Å². The lowest BCUT2D eigenvalue weighted by molar-refractivity contribution is 0.0696. The fourth-order valence-corrected chi connectivity index (χ4v) is 2.37. The lowest BCUT2D eigenvalue weighted by atomic mass is 10.2. The number of anilines is 1. The summed E-state index contributed by atoms with van der Waals surface area (Å²) in [6, 6.07) is 4.04. The molecule has 1 aliphatic rings. The highest BCUT2D eigenvalue weighted by atomic mass is 19.1. The van der Waals surface area contributed by atoms with Gasteiger partial charge in [-0.2, -0.15) is 0 Å². The summed E-state index contributed by atoms with van der Waals surface area (Å²) < 4.78 is 13.8. The molecular formula is C14H19FN2O2. The molecule has 5 heteroatoms. The molecule has 0 unspecified atom stereocenters. The van der Waals surface area contributed by atoms with Gasteiger partial charge in [0.1, 0.15) is 5.82 Å². The number of hydrogen-bond acceptors (Lipinski definition) is 3. The summed E-state index contributed by atoms with van der Waals surface area (Å²) in [6.45, 7) is 3.89. The number of carbonyl (C=O) groups is 1. The summed E-state index contributed by atoms with van der Waals surface area (Å²) in [5.41, 5.74) is 0.429. The van der Waals surface area contributed by atoms with Gasteiger partial charge < -0.3 is 14.9 Å². The Kier molecular flexibility index (Phi) is 4.37. The average molecular weight is 266 g/mol. The van der Waals surface area contributed by atoms with Crippen molar-refractivity contribution in [1.82, 2.24) is 4.90 Å². The minimum absolute atomic E-state index is 0.0193. The molecule has 0 amide bonds. The molecule has 1 aromatic carbocycles. The van der Waals surface area contributed by atoms with E-state index >= 15 is 0 Å². The van der Waals surface area contributed by atoms with Gasteiger partial charge in [0.2, 0.25) is 0 Å². The van der Waals surface area contributed by atoms with Crippen molar-refractivity contribution < 1.29 is 14.3 Å². The molecule has 1 aromatic rings. The van der Waals surface area contributed by atoms with Gasteiger partial charge in [0.25, 0.3) is 0 Å². The summed E-state index contributed by atoms with van der Waals surface area (Å²) in [5, 5.41) is 8.80. The zero-order valence-electron chi connectivity index (χ0n) is 11.1. The fourth-order valence-electron chi connectivity index (χ4n) is 2.37. The number of benzene rings is 1. The Hall–Kier alpha value is -1.62. The quantitative estimate of drug-likeness (QED) is 0.886. The van der Waals surface area contributed by atoms with Gasteiger partial charge in [0.15, 0.2) is 0 Å². The molecule has 0 radical (unpaired) electrons.